The standard InChI is InChI=1S/C28H24N2O5S/c1-4-17-34-27(33)24-18(2)29-28-30(25(24)21-13-15-22(16-14-21)35-19(3)31)26(32)23(36-28)12-8-11-20-9-6-5-7-10-20/h4-16,25H,1,17H2,2-3H3/b11-8+,23-12-/t25-/m1/s1. The average Bonchev–Trinajstić information content (AvgIpc) is 3.17. The molecule has 1 aliphatic heterocycles. The third-order valence-corrected chi connectivity index (χ3v) is 6.37. The Hall–Kier alpha value is -4.30. The molecule has 0 spiro atoms. The van der Waals surface area contributed by atoms with E-state index < -0.39 is 18.0 Å². The molecule has 0 unspecified atom stereocenters. The maximum atomic E-state index is 13.5. The van der Waals surface area contributed by atoms with Gasteiger partial charge in [0.1, 0.15) is 12.4 Å². The van der Waals surface area contributed by atoms with Gasteiger partial charge in [0.25, 0.3) is 5.56 Å². The number of hydrogen-bond acceptors (Lipinski definition) is 7. The molecule has 0 N–H and O–H groups in total. The van der Waals surface area contributed by atoms with E-state index in [-0.39, 0.29) is 17.7 Å². The minimum absolute atomic E-state index is 0.0302. The lowest BCUT2D eigenvalue weighted by Crippen LogP contribution is -2.39. The van der Waals surface area contributed by atoms with Gasteiger partial charge in [0.05, 0.1) is 21.8 Å². The van der Waals surface area contributed by atoms with E-state index in [2.05, 4.69) is 11.6 Å². The Morgan fingerprint density at radius 3 is 2.53 bits per heavy atom. The van der Waals surface area contributed by atoms with Gasteiger partial charge in [-0.25, -0.2) is 9.79 Å². The quantitative estimate of drug-likeness (QED) is 0.281. The smallest absolute Gasteiger partial charge is 0.338 e. The van der Waals surface area contributed by atoms with Gasteiger partial charge in [0.2, 0.25) is 0 Å². The van der Waals surface area contributed by atoms with Crippen molar-refractivity contribution < 1.29 is 19.1 Å². The van der Waals surface area contributed by atoms with Gasteiger partial charge in [-0.05, 0) is 36.3 Å². The van der Waals surface area contributed by atoms with Crippen LogP contribution in [0.5, 0.6) is 5.75 Å². The Kier molecular flexibility index (Phi) is 7.56. The Morgan fingerprint density at radius 1 is 1.14 bits per heavy atom. The molecule has 182 valence electrons. The highest BCUT2D eigenvalue weighted by atomic mass is 32.1. The molecule has 1 aliphatic rings. The highest BCUT2D eigenvalue weighted by Crippen LogP contribution is 2.31. The lowest BCUT2D eigenvalue weighted by atomic mass is 9.96. The summed E-state index contributed by atoms with van der Waals surface area (Å²) in [4.78, 5) is 42.9. The second-order valence-corrected chi connectivity index (χ2v) is 8.93. The van der Waals surface area contributed by atoms with Crippen LogP contribution in [0.15, 0.2) is 94.4 Å². The maximum Gasteiger partial charge on any atom is 0.338 e. The Labute approximate surface area is 211 Å². The van der Waals surface area contributed by atoms with E-state index >= 15 is 0 Å². The fourth-order valence-corrected chi connectivity index (χ4v) is 4.82. The average molecular weight is 501 g/mol. The van der Waals surface area contributed by atoms with Crippen LogP contribution in [0.3, 0.4) is 0 Å². The van der Waals surface area contributed by atoms with E-state index in [0.717, 1.165) is 5.56 Å². The molecule has 0 aliphatic carbocycles. The van der Waals surface area contributed by atoms with Crippen molar-refractivity contribution in [1.29, 1.82) is 0 Å². The maximum absolute atomic E-state index is 13.5. The highest BCUT2D eigenvalue weighted by molar-refractivity contribution is 7.07. The van der Waals surface area contributed by atoms with Crippen molar-refractivity contribution >= 4 is 35.4 Å². The SMILES string of the molecule is C=CCOC(=O)C1=C(C)N=c2s/c(=C\C=C\c3ccccc3)c(=O)n2[C@@H]1c1ccc(OC(C)=O)cc1. The number of carbonyl (C=O) groups excluding carboxylic acids is 2. The number of aromatic nitrogens is 1. The predicted octanol–water partition coefficient (Wildman–Crippen LogP) is 3.55. The van der Waals surface area contributed by atoms with Crippen molar-refractivity contribution in [3.05, 3.63) is 115 Å². The predicted molar refractivity (Wildman–Crippen MR) is 139 cm³/mol. The van der Waals surface area contributed by atoms with Gasteiger partial charge in [-0.1, -0.05) is 78.6 Å². The summed E-state index contributed by atoms with van der Waals surface area (Å²) in [5.74, 6) is -0.659. The molecule has 0 saturated carbocycles. The molecule has 1 aromatic heterocycles. The second kappa shape index (κ2) is 11.0. The molecule has 0 bridgehead atoms. The number of esters is 2. The fraction of sp³-hybridized carbons (Fsp3) is 0.143. The van der Waals surface area contributed by atoms with E-state index in [0.29, 0.717) is 26.3 Å². The monoisotopic (exact) mass is 500 g/mol. The molecule has 0 fully saturated rings. The van der Waals surface area contributed by atoms with Gasteiger partial charge in [0.15, 0.2) is 4.80 Å². The normalized spacial score (nSPS) is 15.4. The van der Waals surface area contributed by atoms with Crippen LogP contribution in [-0.2, 0) is 14.3 Å². The topological polar surface area (TPSA) is 87.0 Å². The largest absolute Gasteiger partial charge is 0.458 e. The van der Waals surface area contributed by atoms with Crippen molar-refractivity contribution in [2.24, 2.45) is 4.99 Å². The number of nitrogens with zero attached hydrogens (tertiary/aromatic N) is 2. The van der Waals surface area contributed by atoms with Gasteiger partial charge in [0, 0.05) is 6.92 Å². The van der Waals surface area contributed by atoms with Gasteiger partial charge < -0.3 is 9.47 Å². The summed E-state index contributed by atoms with van der Waals surface area (Å²) >= 11 is 1.25. The molecule has 3 aromatic rings. The summed E-state index contributed by atoms with van der Waals surface area (Å²) in [6.07, 6.45) is 6.95. The van der Waals surface area contributed by atoms with E-state index in [1.165, 1.54) is 28.9 Å². The molecule has 1 atom stereocenters. The van der Waals surface area contributed by atoms with Crippen molar-refractivity contribution in [1.82, 2.24) is 4.57 Å². The van der Waals surface area contributed by atoms with Crippen molar-refractivity contribution in [2.45, 2.75) is 19.9 Å². The second-order valence-electron chi connectivity index (χ2n) is 7.92. The number of carbonyl (C=O) groups is 2. The molecular formula is C28H24N2O5S. The third kappa shape index (κ3) is 5.34. The van der Waals surface area contributed by atoms with Crippen LogP contribution >= 0.6 is 11.3 Å². The minimum Gasteiger partial charge on any atom is -0.458 e. The number of hydrogen-bond donors (Lipinski definition) is 0. The zero-order chi connectivity index (χ0) is 25.7. The first kappa shape index (κ1) is 24.8. The number of benzene rings is 2. The van der Waals surface area contributed by atoms with Crippen LogP contribution in [-0.4, -0.2) is 23.1 Å². The summed E-state index contributed by atoms with van der Waals surface area (Å²) in [5.41, 5.74) is 2.11. The van der Waals surface area contributed by atoms with E-state index in [1.807, 2.05) is 42.5 Å². The van der Waals surface area contributed by atoms with Crippen molar-refractivity contribution in [3.8, 4) is 5.75 Å². The molecule has 0 radical (unpaired) electrons. The molecule has 7 nitrogen and oxygen atoms in total. The Bertz CT molecular complexity index is 1540. The summed E-state index contributed by atoms with van der Waals surface area (Å²) in [7, 11) is 0. The first-order valence-electron chi connectivity index (χ1n) is 11.2. The van der Waals surface area contributed by atoms with Crippen molar-refractivity contribution in [2.75, 3.05) is 6.61 Å². The zero-order valence-electron chi connectivity index (χ0n) is 19.8. The molecule has 0 saturated heterocycles. The number of thiazole rings is 1. The first-order chi connectivity index (χ1) is 17.4. The third-order valence-electron chi connectivity index (χ3n) is 5.37. The molecule has 8 heteroatoms. The molecule has 2 heterocycles. The zero-order valence-corrected chi connectivity index (χ0v) is 20.7. The van der Waals surface area contributed by atoms with Crippen LogP contribution in [0.4, 0.5) is 0 Å². The van der Waals surface area contributed by atoms with Gasteiger partial charge in [-0.15, -0.1) is 0 Å². The molecule has 4 rings (SSSR count). The van der Waals surface area contributed by atoms with E-state index in [9.17, 15) is 14.4 Å². The first-order valence-corrected chi connectivity index (χ1v) is 12.0. The summed E-state index contributed by atoms with van der Waals surface area (Å²) in [6.45, 7) is 6.66. The fourth-order valence-electron chi connectivity index (χ4n) is 3.82. The van der Waals surface area contributed by atoms with E-state index in [4.69, 9.17) is 9.47 Å². The molecule has 2 aromatic carbocycles. The van der Waals surface area contributed by atoms with Crippen LogP contribution < -0.4 is 19.6 Å². The van der Waals surface area contributed by atoms with Crippen LogP contribution in [0, 0.1) is 0 Å². The van der Waals surface area contributed by atoms with Crippen LogP contribution in [0.25, 0.3) is 12.2 Å². The molecular weight excluding hydrogens is 476 g/mol. The summed E-state index contributed by atoms with van der Waals surface area (Å²) < 4.78 is 12.4. The summed E-state index contributed by atoms with van der Waals surface area (Å²) in [6, 6.07) is 15.7. The van der Waals surface area contributed by atoms with Crippen molar-refractivity contribution in [3.63, 3.8) is 0 Å². The Balaban J connectivity index is 1.82. The number of allylic oxidation sites excluding steroid dienone is 2. The number of rotatable bonds is 7. The summed E-state index contributed by atoms with van der Waals surface area (Å²) in [5, 5.41) is 0. The lowest BCUT2D eigenvalue weighted by molar-refractivity contribution is -0.138. The number of ether oxygens (including phenoxy) is 2. The Morgan fingerprint density at radius 2 is 1.86 bits per heavy atom. The molecule has 36 heavy (non-hydrogen) atoms. The molecule has 0 amide bonds. The lowest BCUT2D eigenvalue weighted by Gasteiger charge is -2.24. The number of fused-ring (bicyclic) bond motifs is 1. The van der Waals surface area contributed by atoms with Gasteiger partial charge in [-0.2, -0.15) is 0 Å². The van der Waals surface area contributed by atoms with Gasteiger partial charge >= 0.3 is 11.9 Å². The van der Waals surface area contributed by atoms with Crippen LogP contribution in [0.2, 0.25) is 0 Å². The van der Waals surface area contributed by atoms with Crippen LogP contribution in [0.1, 0.15) is 31.0 Å². The minimum atomic E-state index is -0.759. The van der Waals surface area contributed by atoms with Gasteiger partial charge in [-0.3, -0.25) is 14.2 Å². The van der Waals surface area contributed by atoms with E-state index in [1.54, 1.807) is 37.3 Å². The highest BCUT2D eigenvalue weighted by Gasteiger charge is 2.33.